The minimum absolute atomic E-state index is 0.0752. The van der Waals surface area contributed by atoms with Crippen LogP contribution in [0.25, 0.3) is 0 Å². The van der Waals surface area contributed by atoms with Crippen molar-refractivity contribution in [2.24, 2.45) is 0 Å². The average Bonchev–Trinajstić information content (AvgIpc) is 2.75. The first-order chi connectivity index (χ1) is 6.77. The van der Waals surface area contributed by atoms with Crippen molar-refractivity contribution in [1.82, 2.24) is 10.6 Å². The van der Waals surface area contributed by atoms with Gasteiger partial charge < -0.3 is 10.6 Å². The predicted molar refractivity (Wildman–Crippen MR) is 57.8 cm³/mol. The fraction of sp³-hybridized carbons (Fsp3) is 0.500. The molecule has 76 valence electrons. The van der Waals surface area contributed by atoms with E-state index in [-0.39, 0.29) is 5.91 Å². The maximum absolute atomic E-state index is 11.8. The summed E-state index contributed by atoms with van der Waals surface area (Å²) in [6, 6.07) is 2.29. The van der Waals surface area contributed by atoms with Gasteiger partial charge in [-0.25, -0.2) is 0 Å². The lowest BCUT2D eigenvalue weighted by Gasteiger charge is -2.10. The second-order valence-corrected chi connectivity index (χ2v) is 4.51. The molecule has 0 bridgehead atoms. The Hall–Kier alpha value is -0.870. The van der Waals surface area contributed by atoms with Crippen LogP contribution in [-0.2, 0) is 0 Å². The van der Waals surface area contributed by atoms with Crippen LogP contribution in [0.4, 0.5) is 0 Å². The van der Waals surface area contributed by atoms with Gasteiger partial charge in [-0.3, -0.25) is 4.79 Å². The Bertz CT molecular complexity index is 329. The van der Waals surface area contributed by atoms with Crippen molar-refractivity contribution in [3.63, 3.8) is 0 Å². The Labute approximate surface area is 87.5 Å². The lowest BCUT2D eigenvalue weighted by molar-refractivity contribution is 0.0943. The largest absolute Gasteiger partial charge is 0.347 e. The number of aryl methyl sites for hydroxylation is 1. The monoisotopic (exact) mass is 210 g/mol. The fourth-order valence-corrected chi connectivity index (χ4v) is 2.46. The Kier molecular flexibility index (Phi) is 2.84. The number of carbonyl (C=O) groups is 1. The highest BCUT2D eigenvalue weighted by atomic mass is 32.1. The minimum atomic E-state index is 0.0752. The van der Waals surface area contributed by atoms with E-state index in [2.05, 4.69) is 10.6 Å². The van der Waals surface area contributed by atoms with E-state index in [1.54, 1.807) is 0 Å². The third kappa shape index (κ3) is 1.96. The van der Waals surface area contributed by atoms with Gasteiger partial charge in [0.15, 0.2) is 0 Å². The van der Waals surface area contributed by atoms with Crippen LogP contribution in [0.1, 0.15) is 21.7 Å². The van der Waals surface area contributed by atoms with Crippen LogP contribution >= 0.6 is 11.3 Å². The highest BCUT2D eigenvalue weighted by molar-refractivity contribution is 7.12. The molecular formula is C10H14N2OS. The van der Waals surface area contributed by atoms with Crippen molar-refractivity contribution in [2.75, 3.05) is 13.1 Å². The standard InChI is InChI=1S/C10H14N2OS/c1-7-3-5-14-9(7)10(13)12-8-2-4-11-6-8/h3,5,8,11H,2,4,6H2,1H3,(H,12,13)/t8-/m0/s1. The first-order valence-corrected chi connectivity index (χ1v) is 5.71. The quantitative estimate of drug-likeness (QED) is 0.769. The van der Waals surface area contributed by atoms with Crippen LogP contribution in [0, 0.1) is 6.92 Å². The Balaban J connectivity index is 1.98. The number of rotatable bonds is 2. The smallest absolute Gasteiger partial charge is 0.261 e. The number of nitrogens with one attached hydrogen (secondary N) is 2. The molecule has 1 aromatic heterocycles. The first kappa shape index (κ1) is 9.68. The van der Waals surface area contributed by atoms with Gasteiger partial charge in [-0.2, -0.15) is 0 Å². The zero-order valence-corrected chi connectivity index (χ0v) is 8.99. The van der Waals surface area contributed by atoms with Crippen molar-refractivity contribution in [2.45, 2.75) is 19.4 Å². The Morgan fingerprint density at radius 2 is 2.57 bits per heavy atom. The molecule has 3 nitrogen and oxygen atoms in total. The van der Waals surface area contributed by atoms with Crippen LogP contribution in [0.2, 0.25) is 0 Å². The van der Waals surface area contributed by atoms with Gasteiger partial charge in [-0.05, 0) is 36.9 Å². The summed E-state index contributed by atoms with van der Waals surface area (Å²) in [6.07, 6.45) is 1.04. The van der Waals surface area contributed by atoms with Gasteiger partial charge in [-0.15, -0.1) is 11.3 Å². The molecule has 2 heterocycles. The number of amides is 1. The van der Waals surface area contributed by atoms with E-state index in [1.807, 2.05) is 18.4 Å². The molecule has 1 saturated heterocycles. The van der Waals surface area contributed by atoms with E-state index in [0.717, 1.165) is 30.0 Å². The topological polar surface area (TPSA) is 41.1 Å². The van der Waals surface area contributed by atoms with E-state index >= 15 is 0 Å². The molecule has 1 aliphatic rings. The summed E-state index contributed by atoms with van der Waals surface area (Å²) in [4.78, 5) is 12.6. The number of carbonyl (C=O) groups excluding carboxylic acids is 1. The maximum Gasteiger partial charge on any atom is 0.261 e. The van der Waals surface area contributed by atoms with Gasteiger partial charge in [0.1, 0.15) is 0 Å². The molecule has 14 heavy (non-hydrogen) atoms. The zero-order valence-electron chi connectivity index (χ0n) is 8.17. The molecular weight excluding hydrogens is 196 g/mol. The number of hydrogen-bond acceptors (Lipinski definition) is 3. The summed E-state index contributed by atoms with van der Waals surface area (Å²) in [5, 5.41) is 8.21. The maximum atomic E-state index is 11.8. The van der Waals surface area contributed by atoms with Crippen molar-refractivity contribution >= 4 is 17.2 Å². The number of hydrogen-bond donors (Lipinski definition) is 2. The SMILES string of the molecule is Cc1ccsc1C(=O)N[C@H]1CCNC1. The van der Waals surface area contributed by atoms with Crippen LogP contribution < -0.4 is 10.6 Å². The number of thiophene rings is 1. The van der Waals surface area contributed by atoms with Crippen molar-refractivity contribution < 1.29 is 4.79 Å². The molecule has 0 aliphatic carbocycles. The van der Waals surface area contributed by atoms with Gasteiger partial charge in [-0.1, -0.05) is 0 Å². The van der Waals surface area contributed by atoms with E-state index < -0.39 is 0 Å². The molecule has 4 heteroatoms. The zero-order chi connectivity index (χ0) is 9.97. The molecule has 1 aromatic rings. The first-order valence-electron chi connectivity index (χ1n) is 4.83. The molecule has 1 fully saturated rings. The highest BCUT2D eigenvalue weighted by Crippen LogP contribution is 2.15. The van der Waals surface area contributed by atoms with Gasteiger partial charge in [0.25, 0.3) is 5.91 Å². The third-order valence-electron chi connectivity index (χ3n) is 2.46. The summed E-state index contributed by atoms with van der Waals surface area (Å²) >= 11 is 1.51. The Morgan fingerprint density at radius 3 is 3.14 bits per heavy atom. The molecule has 2 rings (SSSR count). The second kappa shape index (κ2) is 4.11. The lowest BCUT2D eigenvalue weighted by atomic mass is 10.2. The highest BCUT2D eigenvalue weighted by Gasteiger charge is 2.18. The summed E-state index contributed by atoms with van der Waals surface area (Å²) in [6.45, 7) is 3.88. The molecule has 2 N–H and O–H groups in total. The van der Waals surface area contributed by atoms with E-state index in [0.29, 0.717) is 6.04 Å². The van der Waals surface area contributed by atoms with Crippen molar-refractivity contribution in [3.05, 3.63) is 21.9 Å². The molecule has 0 aromatic carbocycles. The molecule has 1 amide bonds. The predicted octanol–water partition coefficient (Wildman–Crippen LogP) is 1.15. The van der Waals surface area contributed by atoms with Crippen LogP contribution in [0.5, 0.6) is 0 Å². The van der Waals surface area contributed by atoms with E-state index in [1.165, 1.54) is 11.3 Å². The molecule has 1 aliphatic heterocycles. The van der Waals surface area contributed by atoms with E-state index in [9.17, 15) is 4.79 Å². The average molecular weight is 210 g/mol. The Morgan fingerprint density at radius 1 is 1.71 bits per heavy atom. The molecule has 0 unspecified atom stereocenters. The molecule has 0 spiro atoms. The van der Waals surface area contributed by atoms with Gasteiger partial charge in [0, 0.05) is 12.6 Å². The van der Waals surface area contributed by atoms with Crippen LogP contribution in [0.3, 0.4) is 0 Å². The second-order valence-electron chi connectivity index (χ2n) is 3.60. The summed E-state index contributed by atoms with van der Waals surface area (Å²) < 4.78 is 0. The molecule has 1 atom stereocenters. The van der Waals surface area contributed by atoms with Gasteiger partial charge in [0.05, 0.1) is 4.88 Å². The third-order valence-corrected chi connectivity index (χ3v) is 3.48. The minimum Gasteiger partial charge on any atom is -0.347 e. The fourth-order valence-electron chi connectivity index (χ4n) is 1.63. The lowest BCUT2D eigenvalue weighted by Crippen LogP contribution is -2.36. The summed E-state index contributed by atoms with van der Waals surface area (Å²) in [5.74, 6) is 0.0752. The van der Waals surface area contributed by atoms with Crippen LogP contribution in [-0.4, -0.2) is 25.0 Å². The molecule has 0 radical (unpaired) electrons. The van der Waals surface area contributed by atoms with Gasteiger partial charge in [0.2, 0.25) is 0 Å². The van der Waals surface area contributed by atoms with Gasteiger partial charge >= 0.3 is 0 Å². The summed E-state index contributed by atoms with van der Waals surface area (Å²) in [7, 11) is 0. The van der Waals surface area contributed by atoms with Crippen molar-refractivity contribution in [3.8, 4) is 0 Å². The molecule has 0 saturated carbocycles. The summed E-state index contributed by atoms with van der Waals surface area (Å²) in [5.41, 5.74) is 1.07. The normalized spacial score (nSPS) is 21.1. The van der Waals surface area contributed by atoms with Crippen LogP contribution in [0.15, 0.2) is 11.4 Å². The van der Waals surface area contributed by atoms with Crippen molar-refractivity contribution in [1.29, 1.82) is 0 Å². The van der Waals surface area contributed by atoms with E-state index in [4.69, 9.17) is 0 Å².